The third-order valence-corrected chi connectivity index (χ3v) is 7.01. The van der Waals surface area contributed by atoms with Crippen LogP contribution >= 0.6 is 23.1 Å². The highest BCUT2D eigenvalue weighted by atomic mass is 32.2. The van der Waals surface area contributed by atoms with Gasteiger partial charge >= 0.3 is 0 Å². The second kappa shape index (κ2) is 7.26. The molecule has 1 aromatic carbocycles. The quantitative estimate of drug-likeness (QED) is 0.492. The number of fused-ring (bicyclic) bond motifs is 3. The first-order valence-electron chi connectivity index (χ1n) is 8.88. The number of rotatable bonds is 4. The van der Waals surface area contributed by atoms with E-state index >= 15 is 0 Å². The number of nitriles is 1. The Bertz CT molecular complexity index is 1080. The molecule has 3 aromatic rings. The molecule has 0 saturated heterocycles. The zero-order chi connectivity index (χ0) is 18.1. The lowest BCUT2D eigenvalue weighted by molar-refractivity contribution is 0.633. The molecule has 2 aromatic heterocycles. The van der Waals surface area contributed by atoms with Crippen molar-refractivity contribution in [1.82, 2.24) is 9.55 Å². The Hall–Kier alpha value is -2.10. The summed E-state index contributed by atoms with van der Waals surface area (Å²) in [7, 11) is 0. The molecule has 6 heteroatoms. The molecule has 1 aliphatic carbocycles. The van der Waals surface area contributed by atoms with E-state index in [9.17, 15) is 4.79 Å². The van der Waals surface area contributed by atoms with Gasteiger partial charge in [-0.25, -0.2) is 4.98 Å². The Balaban J connectivity index is 1.72. The minimum atomic E-state index is 0.102. The molecule has 2 heterocycles. The van der Waals surface area contributed by atoms with Crippen LogP contribution in [0.15, 0.2) is 34.2 Å². The lowest BCUT2D eigenvalue weighted by Crippen LogP contribution is -2.22. The van der Waals surface area contributed by atoms with Gasteiger partial charge in [0.25, 0.3) is 5.56 Å². The Morgan fingerprint density at radius 3 is 3.00 bits per heavy atom. The molecule has 0 atom stereocenters. The molecule has 0 saturated carbocycles. The van der Waals surface area contributed by atoms with Crippen LogP contribution in [0.5, 0.6) is 0 Å². The van der Waals surface area contributed by atoms with Crippen LogP contribution in [0.4, 0.5) is 0 Å². The first-order valence-corrected chi connectivity index (χ1v) is 10.7. The molecule has 1 aliphatic rings. The summed E-state index contributed by atoms with van der Waals surface area (Å²) >= 11 is 3.26. The number of aromatic nitrogens is 2. The lowest BCUT2D eigenvalue weighted by Gasteiger charge is -2.12. The van der Waals surface area contributed by atoms with E-state index in [1.807, 2.05) is 25.1 Å². The first-order chi connectivity index (χ1) is 12.7. The van der Waals surface area contributed by atoms with Crippen molar-refractivity contribution in [1.29, 1.82) is 5.26 Å². The van der Waals surface area contributed by atoms with Crippen LogP contribution < -0.4 is 5.56 Å². The zero-order valence-electron chi connectivity index (χ0n) is 14.6. The second-order valence-corrected chi connectivity index (χ2v) is 8.46. The van der Waals surface area contributed by atoms with Crippen LogP contribution in [0.3, 0.4) is 0 Å². The Kier molecular flexibility index (Phi) is 4.84. The molecule has 0 bridgehead atoms. The summed E-state index contributed by atoms with van der Waals surface area (Å²) < 4.78 is 1.79. The van der Waals surface area contributed by atoms with Crippen LogP contribution in [0.2, 0.25) is 0 Å². The van der Waals surface area contributed by atoms with E-state index in [1.165, 1.54) is 16.9 Å². The molecule has 0 N–H and O–H groups in total. The van der Waals surface area contributed by atoms with Gasteiger partial charge in [0.1, 0.15) is 4.83 Å². The van der Waals surface area contributed by atoms with Gasteiger partial charge in [-0.3, -0.25) is 9.36 Å². The van der Waals surface area contributed by atoms with Crippen molar-refractivity contribution in [2.45, 2.75) is 50.1 Å². The number of benzene rings is 1. The van der Waals surface area contributed by atoms with Gasteiger partial charge in [-0.15, -0.1) is 11.3 Å². The molecule has 0 amide bonds. The summed E-state index contributed by atoms with van der Waals surface area (Å²) in [6, 6.07) is 9.76. The van der Waals surface area contributed by atoms with Gasteiger partial charge in [0.15, 0.2) is 5.16 Å². The molecule has 0 aliphatic heterocycles. The van der Waals surface area contributed by atoms with E-state index in [4.69, 9.17) is 10.2 Å². The Morgan fingerprint density at radius 2 is 2.19 bits per heavy atom. The normalized spacial score (nSPS) is 13.5. The Morgan fingerprint density at radius 1 is 1.35 bits per heavy atom. The minimum Gasteiger partial charge on any atom is -0.287 e. The Labute approximate surface area is 160 Å². The van der Waals surface area contributed by atoms with Crippen LogP contribution in [-0.4, -0.2) is 9.55 Å². The van der Waals surface area contributed by atoms with Gasteiger partial charge in [0.2, 0.25) is 0 Å². The molecule has 4 rings (SSSR count). The number of nitrogens with zero attached hydrogens (tertiary/aromatic N) is 3. The number of hydrogen-bond acceptors (Lipinski definition) is 5. The maximum absolute atomic E-state index is 13.1. The van der Waals surface area contributed by atoms with Crippen molar-refractivity contribution >= 4 is 33.3 Å². The van der Waals surface area contributed by atoms with Crippen molar-refractivity contribution in [2.75, 3.05) is 0 Å². The average Bonchev–Trinajstić information content (AvgIpc) is 3.05. The predicted molar refractivity (Wildman–Crippen MR) is 107 cm³/mol. The summed E-state index contributed by atoms with van der Waals surface area (Å²) in [5, 5.41) is 10.7. The van der Waals surface area contributed by atoms with E-state index in [1.54, 1.807) is 33.7 Å². The molecule has 0 radical (unpaired) electrons. The van der Waals surface area contributed by atoms with Gasteiger partial charge in [-0.05, 0) is 55.9 Å². The van der Waals surface area contributed by atoms with Gasteiger partial charge in [-0.2, -0.15) is 5.26 Å². The summed E-state index contributed by atoms with van der Waals surface area (Å²) in [5.74, 6) is 0.693. The molecule has 26 heavy (non-hydrogen) atoms. The third-order valence-electron chi connectivity index (χ3n) is 4.78. The standard InChI is InChI=1S/C20H19N3OS2/c1-2-23-19(24)17-15-8-3-4-9-16(15)26-18(17)22-20(23)25-12-14-7-5-6-13(10-14)11-21/h5-7,10H,2-4,8-9,12H2,1H3. The van der Waals surface area contributed by atoms with Gasteiger partial charge in [0.05, 0.1) is 17.0 Å². The van der Waals surface area contributed by atoms with Gasteiger partial charge < -0.3 is 0 Å². The number of thiophene rings is 1. The highest BCUT2D eigenvalue weighted by Crippen LogP contribution is 2.35. The highest BCUT2D eigenvalue weighted by Gasteiger charge is 2.21. The third kappa shape index (κ3) is 3.06. The number of thioether (sulfide) groups is 1. The van der Waals surface area contributed by atoms with E-state index < -0.39 is 0 Å². The maximum atomic E-state index is 13.1. The number of hydrogen-bond donors (Lipinski definition) is 0. The summed E-state index contributed by atoms with van der Waals surface area (Å²) in [5.41, 5.74) is 3.07. The van der Waals surface area contributed by atoms with Crippen LogP contribution in [0.25, 0.3) is 10.2 Å². The van der Waals surface area contributed by atoms with E-state index in [-0.39, 0.29) is 5.56 Å². The van der Waals surface area contributed by atoms with Crippen LogP contribution in [0, 0.1) is 11.3 Å². The molecule has 0 spiro atoms. The monoisotopic (exact) mass is 381 g/mol. The molecule has 132 valence electrons. The SMILES string of the molecule is CCn1c(SCc2cccc(C#N)c2)nc2sc3c(c2c1=O)CCCC3. The zero-order valence-corrected chi connectivity index (χ0v) is 16.3. The largest absolute Gasteiger partial charge is 0.287 e. The van der Waals surface area contributed by atoms with Crippen molar-refractivity contribution in [2.24, 2.45) is 0 Å². The van der Waals surface area contributed by atoms with Gasteiger partial charge in [-0.1, -0.05) is 23.9 Å². The van der Waals surface area contributed by atoms with Crippen molar-refractivity contribution < 1.29 is 0 Å². The van der Waals surface area contributed by atoms with E-state index in [0.717, 1.165) is 40.2 Å². The predicted octanol–water partition coefficient (Wildman–Crippen LogP) is 4.52. The van der Waals surface area contributed by atoms with Crippen molar-refractivity contribution in [3.05, 3.63) is 56.2 Å². The fraction of sp³-hybridized carbons (Fsp3) is 0.350. The molecular weight excluding hydrogens is 362 g/mol. The molecule has 4 nitrogen and oxygen atoms in total. The summed E-state index contributed by atoms with van der Waals surface area (Å²) in [4.78, 5) is 20.2. The number of aryl methyl sites for hydroxylation is 2. The lowest BCUT2D eigenvalue weighted by atomic mass is 9.97. The summed E-state index contributed by atoms with van der Waals surface area (Å²) in [6.07, 6.45) is 4.45. The fourth-order valence-electron chi connectivity index (χ4n) is 3.49. The van der Waals surface area contributed by atoms with Gasteiger partial charge in [0, 0.05) is 17.2 Å². The molecular formula is C20H19N3OS2. The molecule has 0 unspecified atom stereocenters. The second-order valence-electron chi connectivity index (χ2n) is 6.44. The highest BCUT2D eigenvalue weighted by molar-refractivity contribution is 7.98. The first kappa shape index (κ1) is 17.3. The summed E-state index contributed by atoms with van der Waals surface area (Å²) in [6.45, 7) is 2.61. The fourth-order valence-corrected chi connectivity index (χ4v) is 5.80. The van der Waals surface area contributed by atoms with Crippen LogP contribution in [-0.2, 0) is 25.1 Å². The van der Waals surface area contributed by atoms with Crippen molar-refractivity contribution in [3.8, 4) is 6.07 Å². The van der Waals surface area contributed by atoms with E-state index in [0.29, 0.717) is 17.9 Å². The molecule has 0 fully saturated rings. The average molecular weight is 382 g/mol. The van der Waals surface area contributed by atoms with Crippen LogP contribution in [0.1, 0.15) is 41.3 Å². The van der Waals surface area contributed by atoms with E-state index in [2.05, 4.69) is 6.07 Å². The van der Waals surface area contributed by atoms with Crippen molar-refractivity contribution in [3.63, 3.8) is 0 Å². The topological polar surface area (TPSA) is 58.7 Å². The maximum Gasteiger partial charge on any atom is 0.263 e. The smallest absolute Gasteiger partial charge is 0.263 e. The minimum absolute atomic E-state index is 0.102.